The van der Waals surface area contributed by atoms with Crippen LogP contribution in [0.15, 0.2) is 16.7 Å². The molecule has 1 saturated heterocycles. The topological polar surface area (TPSA) is 79.5 Å². The fourth-order valence-corrected chi connectivity index (χ4v) is 2.22. The van der Waals surface area contributed by atoms with Gasteiger partial charge in [-0.2, -0.15) is 0 Å². The van der Waals surface area contributed by atoms with Gasteiger partial charge >= 0.3 is 6.09 Å². The van der Waals surface area contributed by atoms with Crippen molar-refractivity contribution in [3.63, 3.8) is 0 Å². The van der Waals surface area contributed by atoms with Gasteiger partial charge in [-0.1, -0.05) is 11.8 Å². The molecular formula is C12H12BrN3O2. The third kappa shape index (κ3) is 2.74. The SMILES string of the molecule is Nc1nccc(Br)c1C#CC1CCN(C(=O)O)C1. The number of hydrogen-bond donors (Lipinski definition) is 2. The molecule has 1 amide bonds. The van der Waals surface area contributed by atoms with Crippen LogP contribution in [0, 0.1) is 17.8 Å². The van der Waals surface area contributed by atoms with Gasteiger partial charge in [-0.05, 0) is 28.4 Å². The minimum atomic E-state index is -0.888. The number of aromatic nitrogens is 1. The molecule has 0 bridgehead atoms. The molecule has 1 fully saturated rings. The summed E-state index contributed by atoms with van der Waals surface area (Å²) in [5.74, 6) is 6.48. The maximum absolute atomic E-state index is 10.8. The van der Waals surface area contributed by atoms with Crippen molar-refractivity contribution in [1.29, 1.82) is 0 Å². The molecule has 6 heteroatoms. The molecule has 2 rings (SSSR count). The number of nitrogen functional groups attached to an aromatic ring is 1. The molecule has 0 saturated carbocycles. The van der Waals surface area contributed by atoms with E-state index in [0.29, 0.717) is 24.5 Å². The molecule has 1 aliphatic heterocycles. The molecule has 0 spiro atoms. The van der Waals surface area contributed by atoms with Gasteiger partial charge < -0.3 is 15.7 Å². The van der Waals surface area contributed by atoms with Gasteiger partial charge in [0.05, 0.1) is 5.56 Å². The van der Waals surface area contributed by atoms with Crippen LogP contribution < -0.4 is 5.73 Å². The molecule has 0 radical (unpaired) electrons. The summed E-state index contributed by atoms with van der Waals surface area (Å²) >= 11 is 3.36. The van der Waals surface area contributed by atoms with Gasteiger partial charge in [0, 0.05) is 29.7 Å². The Morgan fingerprint density at radius 3 is 3.06 bits per heavy atom. The summed E-state index contributed by atoms with van der Waals surface area (Å²) in [6.45, 7) is 0.999. The highest BCUT2D eigenvalue weighted by molar-refractivity contribution is 9.10. The summed E-state index contributed by atoms with van der Waals surface area (Å²) in [5.41, 5.74) is 6.39. The number of nitrogens with zero attached hydrogens (tertiary/aromatic N) is 2. The van der Waals surface area contributed by atoms with Crippen molar-refractivity contribution in [3.05, 3.63) is 22.3 Å². The summed E-state index contributed by atoms with van der Waals surface area (Å²) in [4.78, 5) is 16.1. The van der Waals surface area contributed by atoms with Gasteiger partial charge in [0.1, 0.15) is 5.82 Å². The van der Waals surface area contributed by atoms with E-state index in [1.54, 1.807) is 12.3 Å². The third-order valence-electron chi connectivity index (χ3n) is 2.79. The molecule has 18 heavy (non-hydrogen) atoms. The van der Waals surface area contributed by atoms with Crippen molar-refractivity contribution >= 4 is 27.8 Å². The van der Waals surface area contributed by atoms with Crippen LogP contribution in [0.4, 0.5) is 10.6 Å². The number of amides is 1. The number of carboxylic acid groups (broad SMARTS) is 1. The Bertz CT molecular complexity index is 516. The summed E-state index contributed by atoms with van der Waals surface area (Å²) in [5, 5.41) is 8.84. The Kier molecular flexibility index (Phi) is 3.72. The normalized spacial score (nSPS) is 18.3. The molecule has 5 nitrogen and oxygen atoms in total. The maximum Gasteiger partial charge on any atom is 0.407 e. The van der Waals surface area contributed by atoms with E-state index >= 15 is 0 Å². The van der Waals surface area contributed by atoms with Crippen molar-refractivity contribution in [2.75, 3.05) is 18.8 Å². The van der Waals surface area contributed by atoms with E-state index in [1.807, 2.05) is 0 Å². The van der Waals surface area contributed by atoms with E-state index in [1.165, 1.54) is 4.90 Å². The number of hydrogen-bond acceptors (Lipinski definition) is 3. The highest BCUT2D eigenvalue weighted by atomic mass is 79.9. The van der Waals surface area contributed by atoms with Gasteiger partial charge in [-0.25, -0.2) is 9.78 Å². The second kappa shape index (κ2) is 5.27. The second-order valence-electron chi connectivity index (χ2n) is 4.04. The Labute approximate surface area is 113 Å². The highest BCUT2D eigenvalue weighted by Crippen LogP contribution is 2.20. The molecular weight excluding hydrogens is 298 g/mol. The largest absolute Gasteiger partial charge is 0.465 e. The number of rotatable bonds is 0. The lowest BCUT2D eigenvalue weighted by Gasteiger charge is -2.08. The van der Waals surface area contributed by atoms with Crippen LogP contribution >= 0.6 is 15.9 Å². The van der Waals surface area contributed by atoms with Crippen LogP contribution in [0.1, 0.15) is 12.0 Å². The zero-order valence-electron chi connectivity index (χ0n) is 9.56. The molecule has 1 aliphatic rings. The minimum absolute atomic E-state index is 0.0626. The van der Waals surface area contributed by atoms with E-state index in [-0.39, 0.29) is 5.92 Å². The summed E-state index contributed by atoms with van der Waals surface area (Å²) < 4.78 is 0.801. The number of likely N-dealkylation sites (tertiary alicyclic amines) is 1. The molecule has 2 heterocycles. The average molecular weight is 310 g/mol. The van der Waals surface area contributed by atoms with Crippen LogP contribution in [-0.4, -0.2) is 34.2 Å². The van der Waals surface area contributed by atoms with E-state index in [0.717, 1.165) is 10.9 Å². The highest BCUT2D eigenvalue weighted by Gasteiger charge is 2.24. The molecule has 1 atom stereocenters. The van der Waals surface area contributed by atoms with Gasteiger partial charge in [0.15, 0.2) is 0 Å². The van der Waals surface area contributed by atoms with Crippen LogP contribution in [0.3, 0.4) is 0 Å². The van der Waals surface area contributed by atoms with E-state index < -0.39 is 6.09 Å². The van der Waals surface area contributed by atoms with E-state index in [9.17, 15) is 4.79 Å². The number of nitrogens with two attached hydrogens (primary N) is 1. The predicted octanol–water partition coefficient (Wildman–Crippen LogP) is 1.78. The number of carbonyl (C=O) groups is 1. The predicted molar refractivity (Wildman–Crippen MR) is 70.9 cm³/mol. The number of anilines is 1. The molecule has 1 unspecified atom stereocenters. The first-order valence-corrected chi connectivity index (χ1v) is 6.26. The molecule has 94 valence electrons. The van der Waals surface area contributed by atoms with E-state index in [4.69, 9.17) is 10.8 Å². The molecule has 1 aromatic heterocycles. The Balaban J connectivity index is 2.12. The maximum atomic E-state index is 10.8. The van der Waals surface area contributed by atoms with Crippen molar-refractivity contribution in [1.82, 2.24) is 9.88 Å². The van der Waals surface area contributed by atoms with Gasteiger partial charge in [-0.15, -0.1) is 0 Å². The average Bonchev–Trinajstić information content (AvgIpc) is 2.77. The zero-order chi connectivity index (χ0) is 13.1. The van der Waals surface area contributed by atoms with Crippen LogP contribution in [0.5, 0.6) is 0 Å². The van der Waals surface area contributed by atoms with Crippen LogP contribution in [-0.2, 0) is 0 Å². The zero-order valence-corrected chi connectivity index (χ0v) is 11.1. The van der Waals surface area contributed by atoms with E-state index in [2.05, 4.69) is 32.8 Å². The molecule has 0 aromatic carbocycles. The lowest BCUT2D eigenvalue weighted by atomic mass is 10.1. The first-order valence-electron chi connectivity index (χ1n) is 5.47. The third-order valence-corrected chi connectivity index (χ3v) is 3.45. The number of pyridine rings is 1. The first-order chi connectivity index (χ1) is 8.58. The van der Waals surface area contributed by atoms with Crippen LogP contribution in [0.25, 0.3) is 0 Å². The van der Waals surface area contributed by atoms with Gasteiger partial charge in [0.2, 0.25) is 0 Å². The standard InChI is InChI=1S/C12H12BrN3O2/c13-10-3-5-15-11(14)9(10)2-1-8-4-6-16(7-8)12(17)18/h3,5,8H,4,6-7H2,(H2,14,15)(H,17,18). The molecule has 1 aromatic rings. The number of halogens is 1. The monoisotopic (exact) mass is 309 g/mol. The summed E-state index contributed by atoms with van der Waals surface area (Å²) in [7, 11) is 0. The van der Waals surface area contributed by atoms with Crippen molar-refractivity contribution in [2.45, 2.75) is 6.42 Å². The molecule has 0 aliphatic carbocycles. The fraction of sp³-hybridized carbons (Fsp3) is 0.333. The minimum Gasteiger partial charge on any atom is -0.465 e. The van der Waals surface area contributed by atoms with Crippen molar-refractivity contribution in [3.8, 4) is 11.8 Å². The molecule has 3 N–H and O–H groups in total. The van der Waals surface area contributed by atoms with Crippen molar-refractivity contribution < 1.29 is 9.90 Å². The second-order valence-corrected chi connectivity index (χ2v) is 4.89. The van der Waals surface area contributed by atoms with Crippen LogP contribution in [0.2, 0.25) is 0 Å². The fourth-order valence-electron chi connectivity index (χ4n) is 1.80. The quantitative estimate of drug-likeness (QED) is 0.716. The Morgan fingerprint density at radius 1 is 1.67 bits per heavy atom. The lowest BCUT2D eigenvalue weighted by Crippen LogP contribution is -2.26. The lowest BCUT2D eigenvalue weighted by molar-refractivity contribution is 0.155. The Hall–Kier alpha value is -1.74. The van der Waals surface area contributed by atoms with Gasteiger partial charge in [0.25, 0.3) is 0 Å². The smallest absolute Gasteiger partial charge is 0.407 e. The van der Waals surface area contributed by atoms with Gasteiger partial charge in [-0.3, -0.25) is 0 Å². The summed E-state index contributed by atoms with van der Waals surface area (Å²) in [6, 6.07) is 1.78. The van der Waals surface area contributed by atoms with Crippen molar-refractivity contribution in [2.24, 2.45) is 5.92 Å². The summed E-state index contributed by atoms with van der Waals surface area (Å²) in [6.07, 6.45) is 1.48. The Morgan fingerprint density at radius 2 is 2.44 bits per heavy atom. The first kappa shape index (κ1) is 12.7.